The van der Waals surface area contributed by atoms with Gasteiger partial charge in [0.25, 0.3) is 0 Å². The van der Waals surface area contributed by atoms with E-state index in [9.17, 15) is 9.59 Å². The van der Waals surface area contributed by atoms with E-state index in [4.69, 9.17) is 14.9 Å². The predicted molar refractivity (Wildman–Crippen MR) is 42.5 cm³/mol. The second-order valence-corrected chi connectivity index (χ2v) is 4.36. The molecule has 76 valence electrons. The number of carboxylic acid groups (broad SMARTS) is 2. The van der Waals surface area contributed by atoms with Gasteiger partial charge < -0.3 is 14.9 Å². The number of ether oxygens (including phenoxy) is 1. The third-order valence-corrected chi connectivity index (χ3v) is 3.83. The van der Waals surface area contributed by atoms with E-state index in [1.54, 1.807) is 0 Å². The average Bonchev–Trinajstić information content (AvgIpc) is 2.71. The van der Waals surface area contributed by atoms with Crippen molar-refractivity contribution in [1.82, 2.24) is 0 Å². The summed E-state index contributed by atoms with van der Waals surface area (Å²) in [7, 11) is 0. The standard InChI is InChI=1S/C9H10O5/c10-8(11)4-2-1-3(5(4)9(12)13)7-6(2)14-7/h2-7H,1H2,(H,10,11)(H,12,13)/t2-,3-,4-,5+,6-,7-/m1/s1. The molecule has 1 heterocycles. The second kappa shape index (κ2) is 2.28. The molecule has 5 nitrogen and oxygen atoms in total. The number of rotatable bonds is 2. The summed E-state index contributed by atoms with van der Waals surface area (Å²) in [6.45, 7) is 0. The number of hydrogen-bond acceptors (Lipinski definition) is 3. The molecule has 6 atom stereocenters. The van der Waals surface area contributed by atoms with Crippen LogP contribution in [-0.4, -0.2) is 34.4 Å². The smallest absolute Gasteiger partial charge is 0.307 e. The molecule has 0 aromatic carbocycles. The predicted octanol–water partition coefficient (Wildman–Crippen LogP) is -0.195. The van der Waals surface area contributed by atoms with Crippen LogP contribution in [0.4, 0.5) is 0 Å². The minimum atomic E-state index is -0.987. The zero-order valence-corrected chi connectivity index (χ0v) is 7.29. The van der Waals surface area contributed by atoms with Crippen LogP contribution in [0.5, 0.6) is 0 Å². The number of hydrogen-bond donors (Lipinski definition) is 2. The van der Waals surface area contributed by atoms with E-state index >= 15 is 0 Å². The molecular weight excluding hydrogens is 188 g/mol. The van der Waals surface area contributed by atoms with Gasteiger partial charge in [0.05, 0.1) is 24.0 Å². The summed E-state index contributed by atoms with van der Waals surface area (Å²) in [5, 5.41) is 17.9. The third-order valence-electron chi connectivity index (χ3n) is 3.83. The van der Waals surface area contributed by atoms with E-state index < -0.39 is 23.8 Å². The summed E-state index contributed by atoms with van der Waals surface area (Å²) in [6.07, 6.45) is 0.789. The second-order valence-electron chi connectivity index (χ2n) is 4.36. The molecule has 0 radical (unpaired) electrons. The Balaban J connectivity index is 1.95. The van der Waals surface area contributed by atoms with Crippen LogP contribution in [0, 0.1) is 23.7 Å². The van der Waals surface area contributed by atoms with Crippen molar-refractivity contribution in [2.45, 2.75) is 18.6 Å². The molecule has 2 aliphatic carbocycles. The lowest BCUT2D eigenvalue weighted by Gasteiger charge is -2.21. The Morgan fingerprint density at radius 2 is 1.43 bits per heavy atom. The van der Waals surface area contributed by atoms with E-state index in [2.05, 4.69) is 0 Å². The van der Waals surface area contributed by atoms with Crippen LogP contribution in [0.25, 0.3) is 0 Å². The Bertz CT molecular complexity index is 295. The number of epoxide rings is 1. The van der Waals surface area contributed by atoms with Crippen LogP contribution in [0.1, 0.15) is 6.42 Å². The number of fused-ring (bicyclic) bond motifs is 5. The first-order chi connectivity index (χ1) is 6.61. The molecule has 0 amide bonds. The van der Waals surface area contributed by atoms with Crippen molar-refractivity contribution < 1.29 is 24.5 Å². The maximum Gasteiger partial charge on any atom is 0.307 e. The molecule has 14 heavy (non-hydrogen) atoms. The van der Waals surface area contributed by atoms with Crippen molar-refractivity contribution in [3.8, 4) is 0 Å². The molecule has 2 saturated carbocycles. The Hall–Kier alpha value is -1.10. The van der Waals surface area contributed by atoms with Gasteiger partial charge in [-0.1, -0.05) is 0 Å². The van der Waals surface area contributed by atoms with Gasteiger partial charge in [0.2, 0.25) is 0 Å². The maximum atomic E-state index is 11.0. The highest BCUT2D eigenvalue weighted by atomic mass is 16.6. The van der Waals surface area contributed by atoms with Gasteiger partial charge in [0.1, 0.15) is 0 Å². The lowest BCUT2D eigenvalue weighted by atomic mass is 9.79. The molecule has 3 aliphatic rings. The molecule has 2 N–H and O–H groups in total. The number of carbonyl (C=O) groups is 2. The maximum absolute atomic E-state index is 11.0. The molecular formula is C9H10O5. The Kier molecular flexibility index (Phi) is 1.34. The third kappa shape index (κ3) is 0.785. The molecule has 0 unspecified atom stereocenters. The Morgan fingerprint density at radius 3 is 1.79 bits per heavy atom. The summed E-state index contributed by atoms with van der Waals surface area (Å²) in [5.41, 5.74) is 0. The van der Waals surface area contributed by atoms with Crippen molar-refractivity contribution >= 4 is 11.9 Å². The number of carboxylic acids is 2. The summed E-state index contributed by atoms with van der Waals surface area (Å²) >= 11 is 0. The highest BCUT2D eigenvalue weighted by Gasteiger charge is 2.70. The summed E-state index contributed by atoms with van der Waals surface area (Å²) < 4.78 is 5.27. The molecule has 0 aromatic heterocycles. The highest BCUT2D eigenvalue weighted by molar-refractivity contribution is 5.82. The monoisotopic (exact) mass is 198 g/mol. The lowest BCUT2D eigenvalue weighted by Crippen LogP contribution is -2.37. The Labute approximate surface area is 79.7 Å². The quantitative estimate of drug-likeness (QED) is 0.600. The van der Waals surface area contributed by atoms with Gasteiger partial charge in [-0.15, -0.1) is 0 Å². The molecule has 2 bridgehead atoms. The molecule has 1 aliphatic heterocycles. The van der Waals surface area contributed by atoms with Crippen molar-refractivity contribution in [3.05, 3.63) is 0 Å². The van der Waals surface area contributed by atoms with Crippen molar-refractivity contribution in [2.75, 3.05) is 0 Å². The normalized spacial score (nSPS) is 52.9. The Morgan fingerprint density at radius 1 is 1.00 bits per heavy atom. The molecule has 3 fully saturated rings. The van der Waals surface area contributed by atoms with Gasteiger partial charge in [-0.05, 0) is 6.42 Å². The van der Waals surface area contributed by atoms with Gasteiger partial charge in [-0.3, -0.25) is 9.59 Å². The minimum absolute atomic E-state index is 0.0386. The summed E-state index contributed by atoms with van der Waals surface area (Å²) in [5.74, 6) is -3.58. The van der Waals surface area contributed by atoms with E-state index in [-0.39, 0.29) is 24.0 Å². The van der Waals surface area contributed by atoms with Crippen molar-refractivity contribution in [3.63, 3.8) is 0 Å². The first-order valence-electron chi connectivity index (χ1n) is 4.72. The largest absolute Gasteiger partial charge is 0.481 e. The average molecular weight is 198 g/mol. The van der Waals surface area contributed by atoms with E-state index in [0.717, 1.165) is 0 Å². The van der Waals surface area contributed by atoms with Gasteiger partial charge in [0.15, 0.2) is 0 Å². The first kappa shape index (κ1) is 8.23. The van der Waals surface area contributed by atoms with E-state index in [1.165, 1.54) is 0 Å². The molecule has 3 rings (SSSR count). The summed E-state index contributed by atoms with van der Waals surface area (Å²) in [4.78, 5) is 21.9. The van der Waals surface area contributed by atoms with Crippen LogP contribution in [0.3, 0.4) is 0 Å². The zero-order valence-electron chi connectivity index (χ0n) is 7.29. The molecule has 1 saturated heterocycles. The van der Waals surface area contributed by atoms with Crippen LogP contribution in [-0.2, 0) is 14.3 Å². The fourth-order valence-electron chi connectivity index (χ4n) is 3.32. The highest BCUT2D eigenvalue weighted by Crippen LogP contribution is 2.61. The molecule has 0 spiro atoms. The SMILES string of the molecule is O=C(O)[C@@H]1[C@H]2C[C@@H]([C@H]3O[C@H]23)[C@@H]1C(=O)O. The number of aliphatic carboxylic acids is 2. The van der Waals surface area contributed by atoms with Gasteiger partial charge in [-0.2, -0.15) is 0 Å². The fraction of sp³-hybridized carbons (Fsp3) is 0.778. The van der Waals surface area contributed by atoms with Crippen LogP contribution < -0.4 is 0 Å². The van der Waals surface area contributed by atoms with Gasteiger partial charge in [-0.25, -0.2) is 0 Å². The van der Waals surface area contributed by atoms with Crippen molar-refractivity contribution in [2.24, 2.45) is 23.7 Å². The van der Waals surface area contributed by atoms with Gasteiger partial charge in [0, 0.05) is 11.8 Å². The summed E-state index contributed by atoms with van der Waals surface area (Å²) in [6, 6.07) is 0. The molecule has 0 aromatic rings. The van der Waals surface area contributed by atoms with E-state index in [1.807, 2.05) is 0 Å². The van der Waals surface area contributed by atoms with Crippen LogP contribution >= 0.6 is 0 Å². The van der Waals surface area contributed by atoms with Gasteiger partial charge >= 0.3 is 11.9 Å². The fourth-order valence-corrected chi connectivity index (χ4v) is 3.32. The molecule has 5 heteroatoms. The van der Waals surface area contributed by atoms with Crippen molar-refractivity contribution in [1.29, 1.82) is 0 Å². The van der Waals surface area contributed by atoms with Crippen LogP contribution in [0.15, 0.2) is 0 Å². The van der Waals surface area contributed by atoms with Crippen LogP contribution in [0.2, 0.25) is 0 Å². The zero-order chi connectivity index (χ0) is 10.0. The topological polar surface area (TPSA) is 87.1 Å². The van der Waals surface area contributed by atoms with E-state index in [0.29, 0.717) is 6.42 Å². The minimum Gasteiger partial charge on any atom is -0.481 e. The first-order valence-corrected chi connectivity index (χ1v) is 4.72. The lowest BCUT2D eigenvalue weighted by molar-refractivity contribution is -0.155.